The highest BCUT2D eigenvalue weighted by atomic mass is 16.5. The number of allylic oxidation sites excluding steroid dienone is 4. The second kappa shape index (κ2) is 5.33. The average molecular weight is 239 g/mol. The molecule has 1 aliphatic rings. The number of nitrogens with zero attached hydrogens (tertiary/aromatic N) is 1. The fourth-order valence-corrected chi connectivity index (χ4v) is 2.18. The highest BCUT2D eigenvalue weighted by Gasteiger charge is 2.17. The van der Waals surface area contributed by atoms with Crippen LogP contribution < -0.4 is 4.74 Å². The van der Waals surface area contributed by atoms with Crippen LogP contribution >= 0.6 is 0 Å². The van der Waals surface area contributed by atoms with Gasteiger partial charge in [-0.1, -0.05) is 6.07 Å². The SMILES string of the molecule is COc1ccc2c(c1)CCC(C=O)=C2/C=C/C#N. The van der Waals surface area contributed by atoms with Gasteiger partial charge in [0, 0.05) is 11.6 Å². The van der Waals surface area contributed by atoms with Crippen LogP contribution in [-0.4, -0.2) is 13.4 Å². The Morgan fingerprint density at radius 2 is 2.22 bits per heavy atom. The summed E-state index contributed by atoms with van der Waals surface area (Å²) < 4.78 is 5.19. The normalized spacial score (nSPS) is 14.2. The van der Waals surface area contributed by atoms with Crippen LogP contribution in [0, 0.1) is 11.3 Å². The molecule has 3 heteroatoms. The van der Waals surface area contributed by atoms with Crippen molar-refractivity contribution in [3.63, 3.8) is 0 Å². The Labute approximate surface area is 106 Å². The first-order chi connectivity index (χ1) is 8.80. The van der Waals surface area contributed by atoms with E-state index in [1.165, 1.54) is 6.08 Å². The van der Waals surface area contributed by atoms with Crippen molar-refractivity contribution in [1.82, 2.24) is 0 Å². The Morgan fingerprint density at radius 1 is 1.39 bits per heavy atom. The second-order valence-electron chi connectivity index (χ2n) is 4.04. The summed E-state index contributed by atoms with van der Waals surface area (Å²) >= 11 is 0. The summed E-state index contributed by atoms with van der Waals surface area (Å²) in [6, 6.07) is 7.75. The number of methoxy groups -OCH3 is 1. The van der Waals surface area contributed by atoms with E-state index in [1.807, 2.05) is 24.3 Å². The van der Waals surface area contributed by atoms with E-state index in [9.17, 15) is 4.79 Å². The Balaban J connectivity index is 2.54. The lowest BCUT2D eigenvalue weighted by Gasteiger charge is -2.19. The van der Waals surface area contributed by atoms with E-state index in [0.29, 0.717) is 6.42 Å². The number of carbonyl (C=O) groups excluding carboxylic acids is 1. The maximum absolute atomic E-state index is 11.1. The molecule has 0 bridgehead atoms. The first kappa shape index (κ1) is 12.1. The Hall–Kier alpha value is -2.34. The van der Waals surface area contributed by atoms with Gasteiger partial charge < -0.3 is 4.74 Å². The zero-order valence-corrected chi connectivity index (χ0v) is 10.1. The third-order valence-electron chi connectivity index (χ3n) is 3.08. The highest BCUT2D eigenvalue weighted by Crippen LogP contribution is 2.33. The van der Waals surface area contributed by atoms with Gasteiger partial charge in [0.2, 0.25) is 0 Å². The summed E-state index contributed by atoms with van der Waals surface area (Å²) in [7, 11) is 1.63. The molecule has 0 saturated carbocycles. The first-order valence-electron chi connectivity index (χ1n) is 5.72. The average Bonchev–Trinajstić information content (AvgIpc) is 2.43. The Bertz CT molecular complexity index is 577. The predicted octanol–water partition coefficient (Wildman–Crippen LogP) is 2.67. The Morgan fingerprint density at radius 3 is 2.89 bits per heavy atom. The molecule has 0 amide bonds. The molecule has 0 fully saturated rings. The number of aryl methyl sites for hydroxylation is 1. The van der Waals surface area contributed by atoms with Crippen LogP contribution in [0.25, 0.3) is 5.57 Å². The molecule has 0 spiro atoms. The van der Waals surface area contributed by atoms with E-state index in [1.54, 1.807) is 13.2 Å². The van der Waals surface area contributed by atoms with E-state index >= 15 is 0 Å². The number of fused-ring (bicyclic) bond motifs is 1. The molecule has 1 aromatic rings. The van der Waals surface area contributed by atoms with Crippen LogP contribution in [0.2, 0.25) is 0 Å². The predicted molar refractivity (Wildman–Crippen MR) is 69.1 cm³/mol. The van der Waals surface area contributed by atoms with Crippen molar-refractivity contribution < 1.29 is 9.53 Å². The molecule has 0 saturated heterocycles. The van der Waals surface area contributed by atoms with Crippen molar-refractivity contribution in [3.8, 4) is 11.8 Å². The van der Waals surface area contributed by atoms with E-state index in [-0.39, 0.29) is 0 Å². The molecule has 1 aliphatic carbocycles. The minimum atomic E-state index is 0.703. The van der Waals surface area contributed by atoms with Crippen LogP contribution in [0.3, 0.4) is 0 Å². The molecule has 0 N–H and O–H groups in total. The van der Waals surface area contributed by atoms with Crippen molar-refractivity contribution in [2.45, 2.75) is 12.8 Å². The molecule has 90 valence electrons. The third-order valence-corrected chi connectivity index (χ3v) is 3.08. The number of aldehydes is 1. The van der Waals surface area contributed by atoms with Crippen LogP contribution in [0.4, 0.5) is 0 Å². The third kappa shape index (κ3) is 2.18. The van der Waals surface area contributed by atoms with Gasteiger partial charge in [0.05, 0.1) is 13.2 Å². The molecule has 18 heavy (non-hydrogen) atoms. The molecule has 0 aliphatic heterocycles. The van der Waals surface area contributed by atoms with Crippen molar-refractivity contribution in [2.24, 2.45) is 0 Å². The maximum Gasteiger partial charge on any atom is 0.146 e. The van der Waals surface area contributed by atoms with Gasteiger partial charge in [0.25, 0.3) is 0 Å². The number of hydrogen-bond donors (Lipinski definition) is 0. The van der Waals surface area contributed by atoms with Crippen LogP contribution in [0.5, 0.6) is 5.75 Å². The van der Waals surface area contributed by atoms with Gasteiger partial charge in [-0.25, -0.2) is 0 Å². The van der Waals surface area contributed by atoms with E-state index in [2.05, 4.69) is 0 Å². The molecule has 2 rings (SSSR count). The lowest BCUT2D eigenvalue weighted by molar-refractivity contribution is -0.105. The number of rotatable bonds is 3. The van der Waals surface area contributed by atoms with Gasteiger partial charge >= 0.3 is 0 Å². The van der Waals surface area contributed by atoms with Gasteiger partial charge in [-0.3, -0.25) is 4.79 Å². The number of benzene rings is 1. The molecule has 0 unspecified atom stereocenters. The van der Waals surface area contributed by atoms with Gasteiger partial charge in [-0.05, 0) is 47.8 Å². The number of carbonyl (C=O) groups is 1. The molecular formula is C15H13NO2. The van der Waals surface area contributed by atoms with Gasteiger partial charge in [0.15, 0.2) is 0 Å². The number of hydrogen-bond acceptors (Lipinski definition) is 3. The van der Waals surface area contributed by atoms with Crippen molar-refractivity contribution in [2.75, 3.05) is 7.11 Å². The van der Waals surface area contributed by atoms with E-state index in [4.69, 9.17) is 10.00 Å². The van der Waals surface area contributed by atoms with Gasteiger partial charge in [-0.15, -0.1) is 0 Å². The van der Waals surface area contributed by atoms with Crippen molar-refractivity contribution in [3.05, 3.63) is 47.1 Å². The fraction of sp³-hybridized carbons (Fsp3) is 0.200. The largest absolute Gasteiger partial charge is 0.497 e. The quantitative estimate of drug-likeness (QED) is 0.602. The summed E-state index contributed by atoms with van der Waals surface area (Å²) in [6.07, 6.45) is 5.51. The van der Waals surface area contributed by atoms with Gasteiger partial charge in [-0.2, -0.15) is 5.26 Å². The summed E-state index contributed by atoms with van der Waals surface area (Å²) in [6.45, 7) is 0. The van der Waals surface area contributed by atoms with Crippen LogP contribution in [0.1, 0.15) is 17.5 Å². The van der Waals surface area contributed by atoms with Crippen molar-refractivity contribution in [1.29, 1.82) is 5.26 Å². The van der Waals surface area contributed by atoms with E-state index < -0.39 is 0 Å². The molecule has 0 atom stereocenters. The van der Waals surface area contributed by atoms with Crippen LogP contribution in [-0.2, 0) is 11.2 Å². The number of nitriles is 1. The molecule has 0 heterocycles. The minimum absolute atomic E-state index is 0.703. The number of ether oxygens (including phenoxy) is 1. The highest BCUT2D eigenvalue weighted by molar-refractivity contribution is 5.94. The van der Waals surface area contributed by atoms with Crippen LogP contribution in [0.15, 0.2) is 35.9 Å². The topological polar surface area (TPSA) is 50.1 Å². The molecule has 3 nitrogen and oxygen atoms in total. The minimum Gasteiger partial charge on any atom is -0.497 e. The lowest BCUT2D eigenvalue weighted by Crippen LogP contribution is -2.05. The maximum atomic E-state index is 11.1. The summed E-state index contributed by atoms with van der Waals surface area (Å²) in [5.41, 5.74) is 3.75. The molecule has 0 radical (unpaired) electrons. The zero-order valence-electron chi connectivity index (χ0n) is 10.1. The molecule has 0 aromatic heterocycles. The standard InChI is InChI=1S/C15H13NO2/c1-18-13-6-7-15-11(9-13)4-5-12(10-17)14(15)3-2-8-16/h2-3,6-7,9-10H,4-5H2,1H3/b3-2+. The molecule has 1 aromatic carbocycles. The summed E-state index contributed by atoms with van der Waals surface area (Å²) in [5, 5.41) is 8.62. The van der Waals surface area contributed by atoms with Crippen molar-refractivity contribution >= 4 is 11.9 Å². The molecular weight excluding hydrogens is 226 g/mol. The smallest absolute Gasteiger partial charge is 0.146 e. The zero-order chi connectivity index (χ0) is 13.0. The lowest BCUT2D eigenvalue weighted by atomic mass is 9.85. The Kier molecular flexibility index (Phi) is 3.59. The fourth-order valence-electron chi connectivity index (χ4n) is 2.18. The first-order valence-corrected chi connectivity index (χ1v) is 5.72. The summed E-state index contributed by atoms with van der Waals surface area (Å²) in [5.74, 6) is 0.812. The second-order valence-corrected chi connectivity index (χ2v) is 4.04. The van der Waals surface area contributed by atoms with E-state index in [0.717, 1.165) is 40.7 Å². The summed E-state index contributed by atoms with van der Waals surface area (Å²) in [4.78, 5) is 11.1. The monoisotopic (exact) mass is 239 g/mol. The van der Waals surface area contributed by atoms with Gasteiger partial charge in [0.1, 0.15) is 12.0 Å².